The van der Waals surface area contributed by atoms with E-state index in [1.807, 2.05) is 19.1 Å². The Morgan fingerprint density at radius 3 is 2.71 bits per heavy atom. The minimum atomic E-state index is -0.0237. The summed E-state index contributed by atoms with van der Waals surface area (Å²) >= 11 is 11.8. The van der Waals surface area contributed by atoms with Crippen molar-refractivity contribution in [1.29, 1.82) is 0 Å². The Labute approximate surface area is 110 Å². The smallest absolute Gasteiger partial charge is 0.126 e. The van der Waals surface area contributed by atoms with E-state index in [9.17, 15) is 4.79 Å². The van der Waals surface area contributed by atoms with Gasteiger partial charge in [-0.05, 0) is 31.0 Å². The Bertz CT molecular complexity index is 425. The van der Waals surface area contributed by atoms with Gasteiger partial charge >= 0.3 is 0 Å². The van der Waals surface area contributed by atoms with Crippen LogP contribution in [0.15, 0.2) is 18.2 Å². The maximum atomic E-state index is 11.0. The van der Waals surface area contributed by atoms with Gasteiger partial charge in [-0.3, -0.25) is 10.9 Å². The highest BCUT2D eigenvalue weighted by atomic mass is 35.5. The molecule has 0 amide bonds. The number of halogens is 2. The molecular weight excluding hydrogens is 259 g/mol. The number of hydrazine groups is 1. The Kier molecular flexibility index (Phi) is 4.05. The molecule has 0 saturated carbocycles. The van der Waals surface area contributed by atoms with Crippen molar-refractivity contribution in [3.63, 3.8) is 0 Å². The first kappa shape index (κ1) is 12.8. The molecule has 5 heteroatoms. The van der Waals surface area contributed by atoms with Crippen LogP contribution >= 0.6 is 23.2 Å². The van der Waals surface area contributed by atoms with E-state index >= 15 is 0 Å². The topological polar surface area (TPSA) is 41.1 Å². The third kappa shape index (κ3) is 2.80. The van der Waals surface area contributed by atoms with Gasteiger partial charge in [0.25, 0.3) is 0 Å². The van der Waals surface area contributed by atoms with Crippen LogP contribution in [0.1, 0.15) is 12.5 Å². The fourth-order valence-corrected chi connectivity index (χ4v) is 2.42. The van der Waals surface area contributed by atoms with E-state index in [1.165, 1.54) is 0 Å². The molecule has 1 aliphatic heterocycles. The lowest BCUT2D eigenvalue weighted by Gasteiger charge is -2.15. The van der Waals surface area contributed by atoms with Crippen LogP contribution in [0, 0.1) is 5.92 Å². The van der Waals surface area contributed by atoms with Crippen LogP contribution in [0.4, 0.5) is 0 Å². The number of carbonyl (C=O) groups excluding carboxylic acids is 1. The van der Waals surface area contributed by atoms with Gasteiger partial charge in [-0.25, -0.2) is 0 Å². The Hall–Kier alpha value is -0.610. The third-order valence-electron chi connectivity index (χ3n) is 3.14. The number of hydrogen-bond acceptors (Lipinski definition) is 3. The molecule has 3 atom stereocenters. The lowest BCUT2D eigenvalue weighted by atomic mass is 9.92. The van der Waals surface area contributed by atoms with Crippen molar-refractivity contribution >= 4 is 29.5 Å². The summed E-state index contributed by atoms with van der Waals surface area (Å²) in [5.74, 6) is -0.0237. The summed E-state index contributed by atoms with van der Waals surface area (Å²) in [6, 6.07) is 5.80. The second-order valence-electron chi connectivity index (χ2n) is 4.35. The number of benzene rings is 1. The van der Waals surface area contributed by atoms with Gasteiger partial charge in [-0.15, -0.1) is 0 Å². The van der Waals surface area contributed by atoms with E-state index in [1.54, 1.807) is 6.07 Å². The molecule has 0 aliphatic carbocycles. The van der Waals surface area contributed by atoms with E-state index in [0.717, 1.165) is 18.3 Å². The Morgan fingerprint density at radius 2 is 2.06 bits per heavy atom. The van der Waals surface area contributed by atoms with E-state index < -0.39 is 0 Å². The Morgan fingerprint density at radius 1 is 1.29 bits per heavy atom. The molecule has 1 aromatic carbocycles. The summed E-state index contributed by atoms with van der Waals surface area (Å²) in [7, 11) is 0. The summed E-state index contributed by atoms with van der Waals surface area (Å²) in [6.07, 6.45) is 1.75. The zero-order valence-corrected chi connectivity index (χ0v) is 10.9. The zero-order chi connectivity index (χ0) is 12.4. The highest BCUT2D eigenvalue weighted by Crippen LogP contribution is 2.24. The van der Waals surface area contributed by atoms with Crippen molar-refractivity contribution in [1.82, 2.24) is 10.9 Å². The van der Waals surface area contributed by atoms with Crippen LogP contribution in [-0.2, 0) is 11.2 Å². The minimum absolute atomic E-state index is 0.0237. The summed E-state index contributed by atoms with van der Waals surface area (Å²) in [6.45, 7) is 1.99. The molecular formula is C12H14Cl2N2O. The van der Waals surface area contributed by atoms with E-state index in [0.29, 0.717) is 10.0 Å². The lowest BCUT2D eigenvalue weighted by Crippen LogP contribution is -2.34. The van der Waals surface area contributed by atoms with Crippen molar-refractivity contribution in [2.24, 2.45) is 5.92 Å². The second-order valence-corrected chi connectivity index (χ2v) is 5.16. The van der Waals surface area contributed by atoms with Crippen molar-refractivity contribution in [2.45, 2.75) is 25.4 Å². The molecule has 1 aliphatic rings. The number of nitrogens with one attached hydrogen (secondary N) is 2. The average Bonchev–Trinajstić information content (AvgIpc) is 2.64. The quantitative estimate of drug-likeness (QED) is 0.830. The largest absolute Gasteiger partial charge is 0.303 e. The fourth-order valence-electron chi connectivity index (χ4n) is 2.10. The SMILES string of the molecule is CC1NNC(Cc2ccc(Cl)c(Cl)c2)C1C=O. The highest BCUT2D eigenvalue weighted by Gasteiger charge is 2.32. The van der Waals surface area contributed by atoms with Gasteiger partial charge in [0.2, 0.25) is 0 Å². The molecule has 0 bridgehead atoms. The second kappa shape index (κ2) is 5.36. The first-order valence-electron chi connectivity index (χ1n) is 5.52. The van der Waals surface area contributed by atoms with E-state index in [-0.39, 0.29) is 18.0 Å². The molecule has 3 nitrogen and oxygen atoms in total. The van der Waals surface area contributed by atoms with Crippen LogP contribution in [0.3, 0.4) is 0 Å². The van der Waals surface area contributed by atoms with Crippen molar-refractivity contribution < 1.29 is 4.79 Å². The third-order valence-corrected chi connectivity index (χ3v) is 3.87. The number of rotatable bonds is 3. The first-order valence-corrected chi connectivity index (χ1v) is 6.27. The van der Waals surface area contributed by atoms with E-state index in [4.69, 9.17) is 23.2 Å². The maximum Gasteiger partial charge on any atom is 0.126 e. The summed E-state index contributed by atoms with van der Waals surface area (Å²) in [4.78, 5) is 11.0. The van der Waals surface area contributed by atoms with Gasteiger partial charge in [0.1, 0.15) is 6.29 Å². The van der Waals surface area contributed by atoms with Crippen LogP contribution in [-0.4, -0.2) is 18.4 Å². The van der Waals surface area contributed by atoms with Crippen LogP contribution in [0.25, 0.3) is 0 Å². The molecule has 0 radical (unpaired) electrons. The predicted molar refractivity (Wildman–Crippen MR) is 69.2 cm³/mol. The van der Waals surface area contributed by atoms with Gasteiger partial charge < -0.3 is 4.79 Å². The van der Waals surface area contributed by atoms with Crippen LogP contribution in [0.5, 0.6) is 0 Å². The molecule has 1 aromatic rings. The summed E-state index contributed by atoms with van der Waals surface area (Å²) in [5.41, 5.74) is 7.28. The normalized spacial score (nSPS) is 28.3. The van der Waals surface area contributed by atoms with Crippen molar-refractivity contribution in [3.05, 3.63) is 33.8 Å². The number of carbonyl (C=O) groups is 1. The zero-order valence-electron chi connectivity index (χ0n) is 9.41. The van der Waals surface area contributed by atoms with Gasteiger partial charge in [0.15, 0.2) is 0 Å². The van der Waals surface area contributed by atoms with Gasteiger partial charge in [-0.2, -0.15) is 0 Å². The molecule has 1 heterocycles. The molecule has 92 valence electrons. The molecule has 3 unspecified atom stereocenters. The molecule has 0 aromatic heterocycles. The average molecular weight is 273 g/mol. The first-order chi connectivity index (χ1) is 8.11. The summed E-state index contributed by atoms with van der Waals surface area (Å²) in [5, 5.41) is 1.10. The minimum Gasteiger partial charge on any atom is -0.303 e. The van der Waals surface area contributed by atoms with Crippen molar-refractivity contribution in [3.8, 4) is 0 Å². The van der Waals surface area contributed by atoms with E-state index in [2.05, 4.69) is 10.9 Å². The van der Waals surface area contributed by atoms with Crippen LogP contribution < -0.4 is 10.9 Å². The monoisotopic (exact) mass is 272 g/mol. The molecule has 17 heavy (non-hydrogen) atoms. The standard InChI is InChI=1S/C12H14Cl2N2O/c1-7-9(6-17)12(16-15-7)5-8-2-3-10(13)11(14)4-8/h2-4,6-7,9,12,15-16H,5H2,1H3. The maximum absolute atomic E-state index is 11.0. The molecule has 1 fully saturated rings. The molecule has 2 rings (SSSR count). The summed E-state index contributed by atoms with van der Waals surface area (Å²) < 4.78 is 0. The molecule has 2 N–H and O–H groups in total. The number of aldehydes is 1. The lowest BCUT2D eigenvalue weighted by molar-refractivity contribution is -0.111. The van der Waals surface area contributed by atoms with Crippen LogP contribution in [0.2, 0.25) is 10.0 Å². The molecule has 1 saturated heterocycles. The predicted octanol–water partition coefficient (Wildman–Crippen LogP) is 2.22. The van der Waals surface area contributed by atoms with Gasteiger partial charge in [0.05, 0.1) is 10.0 Å². The van der Waals surface area contributed by atoms with Gasteiger partial charge in [0, 0.05) is 18.0 Å². The molecule has 0 spiro atoms. The highest BCUT2D eigenvalue weighted by molar-refractivity contribution is 6.42. The van der Waals surface area contributed by atoms with Crippen molar-refractivity contribution in [2.75, 3.05) is 0 Å². The fraction of sp³-hybridized carbons (Fsp3) is 0.417. The van der Waals surface area contributed by atoms with Gasteiger partial charge in [-0.1, -0.05) is 29.3 Å². The number of hydrogen-bond donors (Lipinski definition) is 2. The Balaban J connectivity index is 2.10.